The topological polar surface area (TPSA) is 41.9 Å². The molecule has 2 fully saturated rings. The van der Waals surface area contributed by atoms with Crippen LogP contribution in [0.15, 0.2) is 69.9 Å². The van der Waals surface area contributed by atoms with Gasteiger partial charge in [-0.15, -0.1) is 47.0 Å². The van der Waals surface area contributed by atoms with Crippen molar-refractivity contribution < 1.29 is 14.6 Å². The van der Waals surface area contributed by atoms with Gasteiger partial charge in [0.15, 0.2) is 0 Å². The van der Waals surface area contributed by atoms with Crippen LogP contribution >= 0.6 is 47.0 Å². The zero-order valence-corrected chi connectivity index (χ0v) is 60.2. The lowest BCUT2D eigenvalue weighted by molar-refractivity contribution is 0.189. The molecule has 2 saturated carbocycles. The number of hydrogen-bond acceptors (Lipinski definition) is 8. The van der Waals surface area contributed by atoms with Crippen LogP contribution in [0.3, 0.4) is 0 Å². The van der Waals surface area contributed by atoms with Gasteiger partial charge in [-0.3, -0.25) is 0 Å². The van der Waals surface area contributed by atoms with E-state index in [4.69, 9.17) is 14.6 Å². The number of aliphatic hydroxyl groups is 1. The lowest BCUT2D eigenvalue weighted by Gasteiger charge is -2.22. The summed E-state index contributed by atoms with van der Waals surface area (Å²) in [6, 6.07) is 0. The third-order valence-electron chi connectivity index (χ3n) is 16.2. The second-order valence-electron chi connectivity index (χ2n) is 26.0. The number of rotatable bonds is 52. The van der Waals surface area contributed by atoms with Gasteiger partial charge in [-0.25, -0.2) is 0 Å². The number of nitrogens with zero attached hydrogens (tertiary/aromatic N) is 1. The van der Waals surface area contributed by atoms with Crippen LogP contribution in [0, 0.1) is 23.7 Å². The van der Waals surface area contributed by atoms with Crippen LogP contribution < -0.4 is 0 Å². The van der Waals surface area contributed by atoms with Crippen LogP contribution in [0.25, 0.3) is 0 Å². The highest BCUT2D eigenvalue weighted by molar-refractivity contribution is 8.17. The summed E-state index contributed by atoms with van der Waals surface area (Å²) in [4.78, 5) is 2.59. The molecule has 82 heavy (non-hydrogen) atoms. The van der Waals surface area contributed by atoms with Crippen LogP contribution in [-0.4, -0.2) is 95.9 Å². The van der Waals surface area contributed by atoms with Gasteiger partial charge in [0.2, 0.25) is 0 Å². The third-order valence-corrected chi connectivity index (χ3v) is 22.1. The minimum Gasteiger partial charge on any atom is -0.396 e. The Morgan fingerprint density at radius 3 is 0.951 bits per heavy atom. The molecule has 0 aromatic heterocycles. The van der Waals surface area contributed by atoms with Crippen molar-refractivity contribution in [1.29, 1.82) is 0 Å². The molecule has 0 spiro atoms. The van der Waals surface area contributed by atoms with E-state index in [9.17, 15) is 0 Å². The van der Waals surface area contributed by atoms with E-state index in [1.807, 2.05) is 0 Å². The average molecular weight is 1220 g/mol. The number of ether oxygens (including phenoxy) is 2. The number of hydrogen-bond donors (Lipinski definition) is 1. The maximum atomic E-state index is 8.93. The number of unbranched alkanes of at least 4 members (excludes halogenated alkanes) is 7. The summed E-state index contributed by atoms with van der Waals surface area (Å²) in [5, 5.41) is 8.93. The lowest BCUT2D eigenvalue weighted by Crippen LogP contribution is -2.27. The minimum atomic E-state index is 0.321. The third kappa shape index (κ3) is 57.4. The van der Waals surface area contributed by atoms with Crippen molar-refractivity contribution >= 4 is 47.0 Å². The lowest BCUT2D eigenvalue weighted by atomic mass is 9.91. The first-order valence-corrected chi connectivity index (χ1v) is 38.4. The standard InChI is InChI=1S/2C28H50S2.C18H39NO3/c2*1-23(2)11-7-13-25(5)19-21-29-28(18-10-17-27-15-9-16-27)30-22-20-26(6)14-8-12-24(3)4;1-21-17-11-5-3-7-13-19(15-9-10-16-20)14-8-4-6-12-18-22-2/h2*11-12,17,25-26,28H,7-10,13-16,18-22H2,1-6H3;20H,3-18H2,1-2H3. The summed E-state index contributed by atoms with van der Waals surface area (Å²) in [6.45, 7) is 33.1. The van der Waals surface area contributed by atoms with Crippen molar-refractivity contribution in [1.82, 2.24) is 4.90 Å². The molecule has 0 heterocycles. The van der Waals surface area contributed by atoms with Gasteiger partial charge < -0.3 is 19.5 Å². The van der Waals surface area contributed by atoms with Crippen molar-refractivity contribution in [2.75, 3.05) is 76.7 Å². The van der Waals surface area contributed by atoms with Crippen molar-refractivity contribution in [3.63, 3.8) is 0 Å². The molecule has 0 amide bonds. The Bertz CT molecular complexity index is 1410. The number of allylic oxidation sites excluding steroid dienone is 12. The summed E-state index contributed by atoms with van der Waals surface area (Å²) >= 11 is 9.00. The normalized spacial score (nSPS) is 15.1. The summed E-state index contributed by atoms with van der Waals surface area (Å²) < 4.78 is 11.7. The molecule has 0 aliphatic heterocycles. The highest BCUT2D eigenvalue weighted by Gasteiger charge is 2.16. The van der Waals surface area contributed by atoms with E-state index in [0.717, 1.165) is 65.4 Å². The highest BCUT2D eigenvalue weighted by Crippen LogP contribution is 2.35. The summed E-state index contributed by atoms with van der Waals surface area (Å²) in [5.41, 5.74) is 9.30. The van der Waals surface area contributed by atoms with E-state index in [0.29, 0.717) is 6.61 Å². The zero-order chi connectivity index (χ0) is 60.7. The largest absolute Gasteiger partial charge is 0.396 e. The molecule has 2 aliphatic carbocycles. The fourth-order valence-electron chi connectivity index (χ4n) is 9.91. The molecular formula is C74H139NO3S4. The molecule has 0 aromatic carbocycles. The van der Waals surface area contributed by atoms with Crippen molar-refractivity contribution in [3.05, 3.63) is 69.9 Å². The second kappa shape index (κ2) is 59.6. The predicted molar refractivity (Wildman–Crippen MR) is 383 cm³/mol. The van der Waals surface area contributed by atoms with E-state index in [2.05, 4.69) is 171 Å². The molecule has 4 unspecified atom stereocenters. The quantitative estimate of drug-likeness (QED) is 0.0367. The summed E-state index contributed by atoms with van der Waals surface area (Å²) in [5.74, 6) is 8.75. The maximum absolute atomic E-state index is 8.93. The molecule has 4 nitrogen and oxygen atoms in total. The molecule has 1 N–H and O–H groups in total. The van der Waals surface area contributed by atoms with Crippen LogP contribution in [-0.2, 0) is 9.47 Å². The molecule has 4 atom stereocenters. The molecule has 0 saturated heterocycles. The smallest absolute Gasteiger partial charge is 0.0505 e. The van der Waals surface area contributed by atoms with Crippen molar-refractivity contribution in [2.45, 2.75) is 298 Å². The van der Waals surface area contributed by atoms with Gasteiger partial charge >= 0.3 is 0 Å². The first kappa shape index (κ1) is 81.7. The van der Waals surface area contributed by atoms with Crippen LogP contribution in [0.2, 0.25) is 0 Å². The maximum Gasteiger partial charge on any atom is 0.0505 e. The zero-order valence-electron chi connectivity index (χ0n) is 57.0. The average Bonchev–Trinajstić information content (AvgIpc) is 3.39. The van der Waals surface area contributed by atoms with Gasteiger partial charge in [0.25, 0.3) is 0 Å². The fourth-order valence-corrected chi connectivity index (χ4v) is 16.2. The van der Waals surface area contributed by atoms with Gasteiger partial charge in [0.05, 0.1) is 9.16 Å². The van der Waals surface area contributed by atoms with Crippen LogP contribution in [0.5, 0.6) is 0 Å². The predicted octanol–water partition coefficient (Wildman–Crippen LogP) is 23.9. The number of methoxy groups -OCH3 is 2. The van der Waals surface area contributed by atoms with Gasteiger partial charge in [-0.05, 0) is 301 Å². The first-order chi connectivity index (χ1) is 39.6. The Morgan fingerprint density at radius 2 is 0.695 bits per heavy atom. The molecule has 2 rings (SSSR count). The minimum absolute atomic E-state index is 0.321. The molecule has 2 aliphatic rings. The number of thioether (sulfide) groups is 4. The molecule has 0 radical (unpaired) electrons. The van der Waals surface area contributed by atoms with E-state index in [1.54, 1.807) is 25.4 Å². The van der Waals surface area contributed by atoms with Gasteiger partial charge in [0.1, 0.15) is 0 Å². The fraction of sp³-hybridized carbons (Fsp3) is 0.838. The van der Waals surface area contributed by atoms with E-state index in [1.165, 1.54) is 251 Å². The second-order valence-corrected chi connectivity index (χ2v) is 31.9. The highest BCUT2D eigenvalue weighted by atomic mass is 32.2. The van der Waals surface area contributed by atoms with Gasteiger partial charge in [-0.1, -0.05) is 123 Å². The molecule has 482 valence electrons. The Labute approximate surface area is 531 Å². The molecule has 0 aromatic rings. The van der Waals surface area contributed by atoms with Crippen molar-refractivity contribution in [2.24, 2.45) is 23.7 Å². The SMILES string of the molecule is CC(C)=CCCC(C)CCSC(CCC=C1CCC1)SCCC(C)CCC=C(C)C.CC(C)=CCCC(C)CCSC(CCC=C1CCC1)SCCC(C)CCC=C(C)C.COCCCCCCN(CCCCO)CCCCCCOC. The Morgan fingerprint density at radius 1 is 0.402 bits per heavy atom. The van der Waals surface area contributed by atoms with Crippen LogP contribution in [0.4, 0.5) is 0 Å². The number of aliphatic hydroxyl groups excluding tert-OH is 1. The summed E-state index contributed by atoms with van der Waals surface area (Å²) in [7, 11) is 3.55. The van der Waals surface area contributed by atoms with Crippen LogP contribution in [0.1, 0.15) is 289 Å². The Hall–Kier alpha value is -0.320. The first-order valence-electron chi connectivity index (χ1n) is 34.2. The monoisotopic (exact) mass is 1220 g/mol. The molecular weight excluding hydrogens is 1080 g/mol. The van der Waals surface area contributed by atoms with Crippen molar-refractivity contribution in [3.8, 4) is 0 Å². The van der Waals surface area contributed by atoms with E-state index in [-0.39, 0.29) is 0 Å². The summed E-state index contributed by atoms with van der Waals surface area (Å²) in [6.07, 6.45) is 56.4. The van der Waals surface area contributed by atoms with Gasteiger partial charge in [0, 0.05) is 34.0 Å². The Balaban J connectivity index is 0.00000122. The Kier molecular flexibility index (Phi) is 59.4. The van der Waals surface area contributed by atoms with E-state index < -0.39 is 0 Å². The molecule has 0 bridgehead atoms. The van der Waals surface area contributed by atoms with E-state index >= 15 is 0 Å². The molecule has 8 heteroatoms. The van der Waals surface area contributed by atoms with Gasteiger partial charge in [-0.2, -0.15) is 0 Å².